The van der Waals surface area contributed by atoms with Crippen LogP contribution < -0.4 is 5.73 Å². The minimum Gasteiger partial charge on any atom is -0.382 e. The summed E-state index contributed by atoms with van der Waals surface area (Å²) < 4.78 is 0. The summed E-state index contributed by atoms with van der Waals surface area (Å²) in [6.45, 7) is 5.82. The van der Waals surface area contributed by atoms with E-state index >= 15 is 0 Å². The third-order valence-corrected chi connectivity index (χ3v) is 0.919. The zero-order valence-electron chi connectivity index (χ0n) is 6.63. The lowest BCUT2D eigenvalue weighted by molar-refractivity contribution is 1.13. The Hall–Kier alpha value is -1.12. The number of nitrogen functional groups attached to an aromatic ring is 1. The highest BCUT2D eigenvalue weighted by Gasteiger charge is 1.88. The van der Waals surface area contributed by atoms with Crippen molar-refractivity contribution in [2.24, 2.45) is 0 Å². The van der Waals surface area contributed by atoms with Crippen LogP contribution in [0.2, 0.25) is 0 Å². The van der Waals surface area contributed by atoms with Crippen molar-refractivity contribution < 1.29 is 0 Å². The average Bonchev–Trinajstić information content (AvgIpc) is 2.00. The van der Waals surface area contributed by atoms with Gasteiger partial charge >= 0.3 is 0 Å². The number of nitrogens with zero attached hydrogens (tertiary/aromatic N) is 2. The molecule has 0 amide bonds. The van der Waals surface area contributed by atoms with Crippen LogP contribution >= 0.6 is 0 Å². The summed E-state index contributed by atoms with van der Waals surface area (Å²) in [6.07, 6.45) is 3.19. The van der Waals surface area contributed by atoms with Crippen LogP contribution in [0, 0.1) is 6.92 Å². The van der Waals surface area contributed by atoms with Crippen LogP contribution in [-0.2, 0) is 0 Å². The SMILES string of the molecule is C.CC.Cc1nccnc1N. The molecular weight excluding hydrogens is 138 g/mol. The minimum atomic E-state index is 0. The van der Waals surface area contributed by atoms with E-state index in [-0.39, 0.29) is 7.43 Å². The lowest BCUT2D eigenvalue weighted by Gasteiger charge is -1.91. The predicted molar refractivity (Wildman–Crippen MR) is 49.3 cm³/mol. The van der Waals surface area contributed by atoms with E-state index < -0.39 is 0 Å². The van der Waals surface area contributed by atoms with E-state index in [2.05, 4.69) is 9.97 Å². The monoisotopic (exact) mass is 155 g/mol. The number of anilines is 1. The second kappa shape index (κ2) is 6.99. The normalized spacial score (nSPS) is 7.18. The Morgan fingerprint density at radius 1 is 1.18 bits per heavy atom. The number of nitrogens with two attached hydrogens (primary N) is 1. The van der Waals surface area contributed by atoms with E-state index in [0.29, 0.717) is 5.82 Å². The fraction of sp³-hybridized carbons (Fsp3) is 0.500. The van der Waals surface area contributed by atoms with Crippen LogP contribution in [0.1, 0.15) is 27.0 Å². The molecule has 3 heteroatoms. The molecule has 1 heterocycles. The van der Waals surface area contributed by atoms with Gasteiger partial charge in [0.05, 0.1) is 5.69 Å². The van der Waals surface area contributed by atoms with E-state index in [0.717, 1.165) is 5.69 Å². The van der Waals surface area contributed by atoms with Gasteiger partial charge in [0.1, 0.15) is 5.82 Å². The molecule has 0 spiro atoms. The Morgan fingerprint density at radius 2 is 1.64 bits per heavy atom. The van der Waals surface area contributed by atoms with Crippen molar-refractivity contribution in [2.45, 2.75) is 28.2 Å². The zero-order valence-corrected chi connectivity index (χ0v) is 6.63. The first-order chi connectivity index (χ1) is 4.80. The molecule has 0 aliphatic rings. The lowest BCUT2D eigenvalue weighted by Crippen LogP contribution is -1.94. The molecule has 64 valence electrons. The number of rotatable bonds is 0. The maximum atomic E-state index is 5.35. The molecule has 0 saturated carbocycles. The van der Waals surface area contributed by atoms with Crippen LogP contribution in [0.4, 0.5) is 5.82 Å². The lowest BCUT2D eigenvalue weighted by atomic mass is 10.5. The second-order valence-electron chi connectivity index (χ2n) is 1.53. The van der Waals surface area contributed by atoms with Gasteiger partial charge in [0.25, 0.3) is 0 Å². The topological polar surface area (TPSA) is 51.8 Å². The molecule has 0 atom stereocenters. The molecule has 0 bridgehead atoms. The molecule has 2 N–H and O–H groups in total. The van der Waals surface area contributed by atoms with Crippen LogP contribution in [0.3, 0.4) is 0 Å². The Morgan fingerprint density at radius 3 is 1.91 bits per heavy atom. The first-order valence-corrected chi connectivity index (χ1v) is 3.34. The van der Waals surface area contributed by atoms with E-state index in [1.165, 1.54) is 0 Å². The molecule has 0 fully saturated rings. The molecule has 0 unspecified atom stereocenters. The van der Waals surface area contributed by atoms with Gasteiger partial charge in [0, 0.05) is 12.4 Å². The molecule has 11 heavy (non-hydrogen) atoms. The summed E-state index contributed by atoms with van der Waals surface area (Å²) in [6, 6.07) is 0. The van der Waals surface area contributed by atoms with Crippen LogP contribution in [0.15, 0.2) is 12.4 Å². The zero-order chi connectivity index (χ0) is 7.98. The third kappa shape index (κ3) is 4.31. The van der Waals surface area contributed by atoms with Crippen molar-refractivity contribution in [1.82, 2.24) is 9.97 Å². The Balaban J connectivity index is 0. The van der Waals surface area contributed by atoms with Crippen molar-refractivity contribution in [3.05, 3.63) is 18.1 Å². The maximum Gasteiger partial charge on any atom is 0.144 e. The summed E-state index contributed by atoms with van der Waals surface area (Å²) in [7, 11) is 0. The third-order valence-electron chi connectivity index (χ3n) is 0.919. The van der Waals surface area contributed by atoms with Crippen molar-refractivity contribution in [3.8, 4) is 0 Å². The first-order valence-electron chi connectivity index (χ1n) is 3.34. The van der Waals surface area contributed by atoms with Gasteiger partial charge in [-0.1, -0.05) is 21.3 Å². The molecule has 0 saturated heterocycles. The Labute approximate surface area is 68.7 Å². The van der Waals surface area contributed by atoms with Gasteiger partial charge < -0.3 is 5.73 Å². The van der Waals surface area contributed by atoms with Gasteiger partial charge in [-0.05, 0) is 6.92 Å². The number of hydrogen-bond donors (Lipinski definition) is 1. The van der Waals surface area contributed by atoms with Crippen molar-refractivity contribution >= 4 is 5.82 Å². The minimum absolute atomic E-state index is 0. The molecule has 3 nitrogen and oxygen atoms in total. The van der Waals surface area contributed by atoms with E-state index in [1.807, 2.05) is 20.8 Å². The number of hydrogen-bond acceptors (Lipinski definition) is 3. The summed E-state index contributed by atoms with van der Waals surface area (Å²) in [5.74, 6) is 0.507. The molecular formula is C8H17N3. The van der Waals surface area contributed by atoms with Gasteiger partial charge in [-0.2, -0.15) is 0 Å². The van der Waals surface area contributed by atoms with Crippen LogP contribution in [-0.4, -0.2) is 9.97 Å². The summed E-state index contributed by atoms with van der Waals surface area (Å²) in [5.41, 5.74) is 6.13. The highest BCUT2D eigenvalue weighted by Crippen LogP contribution is 1.97. The molecule has 0 aliphatic heterocycles. The van der Waals surface area contributed by atoms with Crippen molar-refractivity contribution in [2.75, 3.05) is 5.73 Å². The van der Waals surface area contributed by atoms with Crippen molar-refractivity contribution in [1.29, 1.82) is 0 Å². The van der Waals surface area contributed by atoms with Gasteiger partial charge in [-0.3, -0.25) is 4.98 Å². The highest BCUT2D eigenvalue weighted by molar-refractivity contribution is 5.30. The summed E-state index contributed by atoms with van der Waals surface area (Å²) >= 11 is 0. The molecule has 1 rings (SSSR count). The fourth-order valence-electron chi connectivity index (χ4n) is 0.418. The van der Waals surface area contributed by atoms with Crippen LogP contribution in [0.5, 0.6) is 0 Å². The molecule has 0 radical (unpaired) electrons. The maximum absolute atomic E-state index is 5.35. The number of aryl methyl sites for hydroxylation is 1. The molecule has 0 aliphatic carbocycles. The van der Waals surface area contributed by atoms with Crippen LogP contribution in [0.25, 0.3) is 0 Å². The van der Waals surface area contributed by atoms with Gasteiger partial charge in [-0.25, -0.2) is 4.98 Å². The molecule has 1 aromatic heterocycles. The molecule has 1 aromatic rings. The standard InChI is InChI=1S/C5H7N3.C2H6.CH4/c1-4-5(6)8-3-2-7-4;1-2;/h2-3H,1H3,(H2,6,8);1-2H3;1H4. The van der Waals surface area contributed by atoms with Gasteiger partial charge in [0.2, 0.25) is 0 Å². The first kappa shape index (κ1) is 12.5. The molecule has 0 aromatic carbocycles. The fourth-order valence-corrected chi connectivity index (χ4v) is 0.418. The average molecular weight is 155 g/mol. The summed E-state index contributed by atoms with van der Waals surface area (Å²) in [4.78, 5) is 7.69. The smallest absolute Gasteiger partial charge is 0.144 e. The van der Waals surface area contributed by atoms with E-state index in [9.17, 15) is 0 Å². The largest absolute Gasteiger partial charge is 0.382 e. The number of aromatic nitrogens is 2. The van der Waals surface area contributed by atoms with E-state index in [1.54, 1.807) is 12.4 Å². The van der Waals surface area contributed by atoms with Crippen molar-refractivity contribution in [3.63, 3.8) is 0 Å². The highest BCUT2D eigenvalue weighted by atomic mass is 14.9. The Kier molecular flexibility index (Phi) is 7.98. The van der Waals surface area contributed by atoms with Gasteiger partial charge in [0.15, 0.2) is 0 Å². The second-order valence-corrected chi connectivity index (χ2v) is 1.53. The predicted octanol–water partition coefficient (Wildman–Crippen LogP) is 2.03. The van der Waals surface area contributed by atoms with E-state index in [4.69, 9.17) is 5.73 Å². The quantitative estimate of drug-likeness (QED) is 0.623. The summed E-state index contributed by atoms with van der Waals surface area (Å²) in [5, 5.41) is 0. The van der Waals surface area contributed by atoms with Gasteiger partial charge in [-0.15, -0.1) is 0 Å². The Bertz CT molecular complexity index is 165.